The number of hydrogen-bond donors (Lipinski definition) is 0. The van der Waals surface area contributed by atoms with Gasteiger partial charge in [-0.15, -0.1) is 0 Å². The molecule has 0 N–H and O–H groups in total. The van der Waals surface area contributed by atoms with Crippen LogP contribution in [0.4, 0.5) is 17.6 Å². The molecule has 0 spiro atoms. The van der Waals surface area contributed by atoms with Gasteiger partial charge in [-0.1, -0.05) is 36.4 Å². The Hall–Kier alpha value is -2.18. The lowest BCUT2D eigenvalue weighted by Crippen LogP contribution is -2.53. The van der Waals surface area contributed by atoms with Crippen LogP contribution < -0.4 is 0 Å². The van der Waals surface area contributed by atoms with Crippen LogP contribution in [0.5, 0.6) is 0 Å². The second kappa shape index (κ2) is 6.85. The zero-order valence-corrected chi connectivity index (χ0v) is 13.9. The average molecular weight is 363 g/mol. The zero-order chi connectivity index (χ0) is 18.3. The van der Waals surface area contributed by atoms with Crippen LogP contribution in [0.3, 0.4) is 0 Å². The summed E-state index contributed by atoms with van der Waals surface area (Å²) in [6.45, 7) is 1.45. The van der Waals surface area contributed by atoms with Crippen LogP contribution >= 0.6 is 0 Å². The monoisotopic (exact) mass is 363 g/mol. The van der Waals surface area contributed by atoms with Crippen LogP contribution in [0.25, 0.3) is 5.57 Å². The van der Waals surface area contributed by atoms with E-state index in [4.69, 9.17) is 4.74 Å². The maximum atomic E-state index is 14.2. The molecule has 136 valence electrons. The lowest BCUT2D eigenvalue weighted by Gasteiger charge is -2.44. The number of morpholine rings is 1. The fourth-order valence-electron chi connectivity index (χ4n) is 3.74. The maximum Gasteiger partial charge on any atom is 0.169 e. The zero-order valence-electron chi connectivity index (χ0n) is 13.9. The summed E-state index contributed by atoms with van der Waals surface area (Å²) in [5.74, 6) is -5.45. The van der Waals surface area contributed by atoms with E-state index in [-0.39, 0.29) is 24.6 Å². The molecule has 2 bridgehead atoms. The fraction of sp³-hybridized carbons (Fsp3) is 0.300. The van der Waals surface area contributed by atoms with Gasteiger partial charge in [-0.2, -0.15) is 0 Å². The molecule has 2 atom stereocenters. The lowest BCUT2D eigenvalue weighted by atomic mass is 9.88. The highest BCUT2D eigenvalue weighted by Crippen LogP contribution is 2.36. The molecule has 2 aromatic carbocycles. The van der Waals surface area contributed by atoms with E-state index in [0.717, 1.165) is 5.56 Å². The van der Waals surface area contributed by atoms with Gasteiger partial charge in [0.05, 0.1) is 24.8 Å². The van der Waals surface area contributed by atoms with Gasteiger partial charge < -0.3 is 4.74 Å². The second-order valence-corrected chi connectivity index (χ2v) is 6.66. The van der Waals surface area contributed by atoms with E-state index in [1.807, 2.05) is 30.3 Å². The van der Waals surface area contributed by atoms with Crippen molar-refractivity contribution in [3.05, 3.63) is 76.9 Å². The third-order valence-electron chi connectivity index (χ3n) is 4.98. The van der Waals surface area contributed by atoms with Gasteiger partial charge in [-0.05, 0) is 17.6 Å². The number of benzene rings is 2. The Balaban J connectivity index is 1.69. The van der Waals surface area contributed by atoms with Crippen molar-refractivity contribution in [3.63, 3.8) is 0 Å². The van der Waals surface area contributed by atoms with Gasteiger partial charge in [0.1, 0.15) is 0 Å². The smallest absolute Gasteiger partial charge is 0.169 e. The van der Waals surface area contributed by atoms with Gasteiger partial charge in [0.15, 0.2) is 23.3 Å². The van der Waals surface area contributed by atoms with E-state index in [1.54, 1.807) is 6.08 Å². The molecule has 2 nitrogen and oxygen atoms in total. The van der Waals surface area contributed by atoms with Crippen LogP contribution in [0.2, 0.25) is 0 Å². The number of fused-ring (bicyclic) bond motifs is 2. The van der Waals surface area contributed by atoms with Gasteiger partial charge in [0.25, 0.3) is 0 Å². The summed E-state index contributed by atoms with van der Waals surface area (Å²) in [5.41, 5.74) is 0.815. The van der Waals surface area contributed by atoms with Gasteiger partial charge >= 0.3 is 0 Å². The van der Waals surface area contributed by atoms with Crippen molar-refractivity contribution >= 4 is 5.57 Å². The summed E-state index contributed by atoms with van der Waals surface area (Å²) >= 11 is 0. The summed E-state index contributed by atoms with van der Waals surface area (Å²) in [4.78, 5) is 2.20. The lowest BCUT2D eigenvalue weighted by molar-refractivity contribution is -0.0403. The van der Waals surface area contributed by atoms with Gasteiger partial charge in [-0.25, -0.2) is 17.6 Å². The summed E-state index contributed by atoms with van der Waals surface area (Å²) < 4.78 is 61.1. The quantitative estimate of drug-likeness (QED) is 0.596. The Kier molecular flexibility index (Phi) is 4.54. The van der Waals surface area contributed by atoms with Crippen molar-refractivity contribution in [1.82, 2.24) is 4.90 Å². The molecule has 2 aliphatic rings. The Bertz CT molecular complexity index is 826. The third kappa shape index (κ3) is 3.04. The molecule has 1 fully saturated rings. The van der Waals surface area contributed by atoms with E-state index in [0.29, 0.717) is 25.3 Å². The van der Waals surface area contributed by atoms with Crippen molar-refractivity contribution < 1.29 is 22.3 Å². The Labute approximate surface area is 148 Å². The molecule has 1 saturated heterocycles. The van der Waals surface area contributed by atoms with Gasteiger partial charge in [0, 0.05) is 18.7 Å². The molecule has 2 heterocycles. The van der Waals surface area contributed by atoms with Crippen LogP contribution in [0.15, 0.2) is 42.5 Å². The summed E-state index contributed by atoms with van der Waals surface area (Å²) in [7, 11) is 0. The minimum Gasteiger partial charge on any atom is -0.378 e. The minimum absolute atomic E-state index is 0.112. The predicted octanol–water partition coefficient (Wildman–Crippen LogP) is 4.30. The SMILES string of the molecule is Fc1cc(F)c(F)c(C2=CC3COCC(C2)N3Cc2ccccc2)c1F. The topological polar surface area (TPSA) is 12.5 Å². The largest absolute Gasteiger partial charge is 0.378 e. The molecule has 0 amide bonds. The van der Waals surface area contributed by atoms with Crippen LogP contribution in [-0.2, 0) is 11.3 Å². The molecule has 26 heavy (non-hydrogen) atoms. The second-order valence-electron chi connectivity index (χ2n) is 6.66. The summed E-state index contributed by atoms with van der Waals surface area (Å²) in [6.07, 6.45) is 1.93. The molecule has 2 unspecified atom stereocenters. The highest BCUT2D eigenvalue weighted by molar-refractivity contribution is 5.69. The first-order valence-electron chi connectivity index (χ1n) is 8.46. The van der Waals surface area contributed by atoms with Crippen molar-refractivity contribution in [2.24, 2.45) is 0 Å². The van der Waals surface area contributed by atoms with Crippen molar-refractivity contribution in [1.29, 1.82) is 0 Å². The van der Waals surface area contributed by atoms with Crippen molar-refractivity contribution in [2.45, 2.75) is 25.0 Å². The number of halogens is 4. The molecule has 2 aromatic rings. The van der Waals surface area contributed by atoms with Crippen molar-refractivity contribution in [3.8, 4) is 0 Å². The number of nitrogens with zero attached hydrogens (tertiary/aromatic N) is 1. The number of rotatable bonds is 3. The summed E-state index contributed by atoms with van der Waals surface area (Å²) in [5, 5.41) is 0. The Morgan fingerprint density at radius 3 is 2.31 bits per heavy atom. The first-order valence-corrected chi connectivity index (χ1v) is 8.46. The molecule has 6 heteroatoms. The fourth-order valence-corrected chi connectivity index (χ4v) is 3.74. The number of ether oxygens (including phenoxy) is 1. The third-order valence-corrected chi connectivity index (χ3v) is 4.98. The summed E-state index contributed by atoms with van der Waals surface area (Å²) in [6, 6.07) is 9.78. The molecule has 0 radical (unpaired) electrons. The van der Waals surface area contributed by atoms with Crippen molar-refractivity contribution in [2.75, 3.05) is 13.2 Å². The molecule has 0 aromatic heterocycles. The molecule has 0 aliphatic carbocycles. The van der Waals surface area contributed by atoms with E-state index in [9.17, 15) is 17.6 Å². The minimum atomic E-state index is -1.38. The highest BCUT2D eigenvalue weighted by atomic mass is 19.2. The van der Waals surface area contributed by atoms with E-state index in [2.05, 4.69) is 4.90 Å². The highest BCUT2D eigenvalue weighted by Gasteiger charge is 2.36. The molecular weight excluding hydrogens is 346 g/mol. The molecule has 2 aliphatic heterocycles. The van der Waals surface area contributed by atoms with Gasteiger partial charge in [0.2, 0.25) is 0 Å². The Morgan fingerprint density at radius 2 is 1.65 bits per heavy atom. The Morgan fingerprint density at radius 1 is 0.962 bits per heavy atom. The van der Waals surface area contributed by atoms with Crippen LogP contribution in [0, 0.1) is 23.3 Å². The van der Waals surface area contributed by atoms with E-state index < -0.39 is 28.8 Å². The van der Waals surface area contributed by atoms with Crippen LogP contribution in [0.1, 0.15) is 17.5 Å². The molecule has 4 rings (SSSR count). The predicted molar refractivity (Wildman–Crippen MR) is 89.2 cm³/mol. The van der Waals surface area contributed by atoms with E-state index in [1.165, 1.54) is 0 Å². The normalized spacial score (nSPS) is 23.0. The first-order chi connectivity index (χ1) is 12.5. The van der Waals surface area contributed by atoms with E-state index >= 15 is 0 Å². The van der Waals surface area contributed by atoms with Crippen LogP contribution in [-0.4, -0.2) is 30.2 Å². The standard InChI is InChI=1S/C20H17F4NO/c21-16-8-17(22)20(24)18(19(16)23)13-6-14-10-26-11-15(7-13)25(14)9-12-4-2-1-3-5-12/h1-6,8,14-15H,7,9-11H2. The number of hydrogen-bond acceptors (Lipinski definition) is 2. The van der Waals surface area contributed by atoms with Gasteiger partial charge in [-0.3, -0.25) is 4.90 Å². The molecule has 0 saturated carbocycles. The molecular formula is C20H17F4NO. The average Bonchev–Trinajstić information content (AvgIpc) is 2.61. The maximum absolute atomic E-state index is 14.2. The first kappa shape index (κ1) is 17.2.